The summed E-state index contributed by atoms with van der Waals surface area (Å²) in [5.41, 5.74) is 0. The van der Waals surface area contributed by atoms with Crippen LogP contribution in [0.4, 0.5) is 0 Å². The zero-order chi connectivity index (χ0) is 8.97. The van der Waals surface area contributed by atoms with E-state index in [0.29, 0.717) is 6.04 Å². The molecule has 1 rings (SSSR count). The summed E-state index contributed by atoms with van der Waals surface area (Å²) >= 11 is 0. The maximum atomic E-state index is 10.5. The van der Waals surface area contributed by atoms with Gasteiger partial charge in [0.25, 0.3) is 0 Å². The first-order valence-electron chi connectivity index (χ1n) is 4.40. The van der Waals surface area contributed by atoms with Crippen molar-refractivity contribution in [1.29, 1.82) is 0 Å². The lowest BCUT2D eigenvalue weighted by molar-refractivity contribution is -0.138. The monoisotopic (exact) mass is 172 g/mol. The zero-order valence-electron chi connectivity index (χ0n) is 7.42. The average molecular weight is 172 g/mol. The number of nitrogens with zero attached hydrogens (tertiary/aromatic N) is 1. The summed E-state index contributed by atoms with van der Waals surface area (Å²) in [4.78, 5) is 12.5. The molecular weight excluding hydrogens is 156 g/mol. The fourth-order valence-corrected chi connectivity index (χ4v) is 1.62. The largest absolute Gasteiger partial charge is 0.480 e. The Labute approximate surface area is 72.6 Å². The Morgan fingerprint density at radius 3 is 2.92 bits per heavy atom. The van der Waals surface area contributed by atoms with E-state index < -0.39 is 5.97 Å². The smallest absolute Gasteiger partial charge is 0.317 e. The molecule has 1 heterocycles. The van der Waals surface area contributed by atoms with Gasteiger partial charge in [0.2, 0.25) is 0 Å². The van der Waals surface area contributed by atoms with E-state index in [1.165, 1.54) is 0 Å². The molecule has 0 aromatic heterocycles. The molecule has 0 bridgehead atoms. The molecule has 0 spiro atoms. The van der Waals surface area contributed by atoms with Crippen LogP contribution in [-0.4, -0.2) is 48.2 Å². The van der Waals surface area contributed by atoms with E-state index >= 15 is 0 Å². The second kappa shape index (κ2) is 4.42. The second-order valence-electron chi connectivity index (χ2n) is 3.10. The van der Waals surface area contributed by atoms with E-state index in [-0.39, 0.29) is 6.54 Å². The summed E-state index contributed by atoms with van der Waals surface area (Å²) in [6, 6.07) is 0.422. The van der Waals surface area contributed by atoms with E-state index in [2.05, 4.69) is 5.32 Å². The van der Waals surface area contributed by atoms with Crippen LogP contribution >= 0.6 is 0 Å². The van der Waals surface area contributed by atoms with Gasteiger partial charge in [0.05, 0.1) is 6.54 Å². The van der Waals surface area contributed by atoms with Crippen molar-refractivity contribution in [3.8, 4) is 0 Å². The maximum Gasteiger partial charge on any atom is 0.317 e. The van der Waals surface area contributed by atoms with Gasteiger partial charge in [-0.15, -0.1) is 0 Å². The molecule has 1 unspecified atom stereocenters. The SMILES string of the molecule is CCN(CC(=O)O)C1CCNC1. The average Bonchev–Trinajstić information content (AvgIpc) is 2.51. The second-order valence-corrected chi connectivity index (χ2v) is 3.10. The van der Waals surface area contributed by atoms with E-state index in [4.69, 9.17) is 5.11 Å². The number of carbonyl (C=O) groups is 1. The van der Waals surface area contributed by atoms with Gasteiger partial charge in [-0.3, -0.25) is 9.69 Å². The molecular formula is C8H16N2O2. The van der Waals surface area contributed by atoms with Gasteiger partial charge in [0.15, 0.2) is 0 Å². The summed E-state index contributed by atoms with van der Waals surface area (Å²) in [5, 5.41) is 11.8. The molecule has 1 aliphatic heterocycles. The number of aliphatic carboxylic acids is 1. The van der Waals surface area contributed by atoms with Gasteiger partial charge in [-0.05, 0) is 19.5 Å². The fraction of sp³-hybridized carbons (Fsp3) is 0.875. The quantitative estimate of drug-likeness (QED) is 0.614. The fourth-order valence-electron chi connectivity index (χ4n) is 1.62. The van der Waals surface area contributed by atoms with Crippen LogP contribution in [0, 0.1) is 0 Å². The van der Waals surface area contributed by atoms with Gasteiger partial charge in [-0.25, -0.2) is 0 Å². The van der Waals surface area contributed by atoms with Gasteiger partial charge in [-0.1, -0.05) is 6.92 Å². The van der Waals surface area contributed by atoms with Crippen LogP contribution in [-0.2, 0) is 4.79 Å². The van der Waals surface area contributed by atoms with Crippen molar-refractivity contribution in [2.45, 2.75) is 19.4 Å². The minimum Gasteiger partial charge on any atom is -0.480 e. The van der Waals surface area contributed by atoms with E-state index in [0.717, 1.165) is 26.1 Å². The first-order valence-corrected chi connectivity index (χ1v) is 4.40. The Bertz CT molecular complexity index is 155. The van der Waals surface area contributed by atoms with Gasteiger partial charge < -0.3 is 10.4 Å². The minimum absolute atomic E-state index is 0.169. The summed E-state index contributed by atoms with van der Waals surface area (Å²) in [6.07, 6.45) is 1.07. The van der Waals surface area contributed by atoms with Crippen LogP contribution in [0.2, 0.25) is 0 Å². The Morgan fingerprint density at radius 1 is 1.75 bits per heavy atom. The normalized spacial score (nSPS) is 23.3. The van der Waals surface area contributed by atoms with Crippen molar-refractivity contribution in [1.82, 2.24) is 10.2 Å². The van der Waals surface area contributed by atoms with Crippen molar-refractivity contribution in [2.24, 2.45) is 0 Å². The van der Waals surface area contributed by atoms with E-state index in [1.807, 2.05) is 11.8 Å². The predicted octanol–water partition coefficient (Wildman–Crippen LogP) is -0.245. The van der Waals surface area contributed by atoms with Crippen LogP contribution in [0.25, 0.3) is 0 Å². The van der Waals surface area contributed by atoms with Gasteiger partial charge in [0.1, 0.15) is 0 Å². The molecule has 1 atom stereocenters. The summed E-state index contributed by atoms with van der Waals surface area (Å²) in [5.74, 6) is -0.733. The van der Waals surface area contributed by atoms with Crippen LogP contribution in [0.15, 0.2) is 0 Å². The third kappa shape index (κ3) is 2.46. The van der Waals surface area contributed by atoms with Crippen molar-refractivity contribution >= 4 is 5.97 Å². The number of hydrogen-bond donors (Lipinski definition) is 2. The molecule has 2 N–H and O–H groups in total. The Hall–Kier alpha value is -0.610. The molecule has 1 fully saturated rings. The van der Waals surface area contributed by atoms with Gasteiger partial charge >= 0.3 is 5.97 Å². The van der Waals surface area contributed by atoms with Crippen LogP contribution in [0.5, 0.6) is 0 Å². The molecule has 0 aromatic carbocycles. The first kappa shape index (κ1) is 9.48. The van der Waals surface area contributed by atoms with E-state index in [1.54, 1.807) is 0 Å². The van der Waals surface area contributed by atoms with Crippen molar-refractivity contribution in [3.05, 3.63) is 0 Å². The van der Waals surface area contributed by atoms with Gasteiger partial charge in [-0.2, -0.15) is 0 Å². The lowest BCUT2D eigenvalue weighted by Crippen LogP contribution is -2.40. The van der Waals surface area contributed by atoms with Crippen LogP contribution in [0.3, 0.4) is 0 Å². The first-order chi connectivity index (χ1) is 5.74. The van der Waals surface area contributed by atoms with Gasteiger partial charge in [0, 0.05) is 12.6 Å². The molecule has 4 nitrogen and oxygen atoms in total. The number of carboxylic acids is 1. The topological polar surface area (TPSA) is 52.6 Å². The molecule has 0 radical (unpaired) electrons. The van der Waals surface area contributed by atoms with Crippen LogP contribution < -0.4 is 5.32 Å². The Kier molecular flexibility index (Phi) is 3.49. The highest BCUT2D eigenvalue weighted by Gasteiger charge is 2.22. The third-order valence-corrected chi connectivity index (χ3v) is 2.30. The number of hydrogen-bond acceptors (Lipinski definition) is 3. The predicted molar refractivity (Wildman–Crippen MR) is 46.2 cm³/mol. The number of rotatable bonds is 4. The number of nitrogens with one attached hydrogen (secondary N) is 1. The van der Waals surface area contributed by atoms with Crippen molar-refractivity contribution < 1.29 is 9.90 Å². The molecule has 0 aromatic rings. The molecule has 0 amide bonds. The number of carboxylic acid groups (broad SMARTS) is 1. The molecule has 1 aliphatic rings. The molecule has 0 aliphatic carbocycles. The third-order valence-electron chi connectivity index (χ3n) is 2.30. The molecule has 70 valence electrons. The molecule has 1 saturated heterocycles. The lowest BCUT2D eigenvalue weighted by Gasteiger charge is -2.24. The van der Waals surface area contributed by atoms with Crippen LogP contribution in [0.1, 0.15) is 13.3 Å². The van der Waals surface area contributed by atoms with Crippen molar-refractivity contribution in [2.75, 3.05) is 26.2 Å². The van der Waals surface area contributed by atoms with E-state index in [9.17, 15) is 4.79 Å². The number of likely N-dealkylation sites (N-methyl/N-ethyl adjacent to an activating group) is 1. The minimum atomic E-state index is -0.733. The highest BCUT2D eigenvalue weighted by molar-refractivity contribution is 5.69. The Balaban J connectivity index is 2.37. The highest BCUT2D eigenvalue weighted by atomic mass is 16.4. The summed E-state index contributed by atoms with van der Waals surface area (Å²) in [7, 11) is 0. The molecule has 4 heteroatoms. The summed E-state index contributed by atoms with van der Waals surface area (Å²) < 4.78 is 0. The molecule has 0 saturated carbocycles. The summed E-state index contributed by atoms with van der Waals surface area (Å²) in [6.45, 7) is 4.94. The standard InChI is InChI=1S/C8H16N2O2/c1-2-10(6-8(11)12)7-3-4-9-5-7/h7,9H,2-6H2,1H3,(H,11,12). The lowest BCUT2D eigenvalue weighted by atomic mass is 10.2. The highest BCUT2D eigenvalue weighted by Crippen LogP contribution is 2.07. The molecule has 12 heavy (non-hydrogen) atoms. The Morgan fingerprint density at radius 2 is 2.50 bits per heavy atom. The zero-order valence-corrected chi connectivity index (χ0v) is 7.42. The maximum absolute atomic E-state index is 10.5. The van der Waals surface area contributed by atoms with Crippen molar-refractivity contribution in [3.63, 3.8) is 0 Å².